The molecule has 130 valence electrons. The molecule has 24 heavy (non-hydrogen) atoms. The lowest BCUT2D eigenvalue weighted by molar-refractivity contribution is 0.710. The number of rotatable bonds is 11. The van der Waals surface area contributed by atoms with E-state index in [2.05, 4.69) is 68.5 Å². The van der Waals surface area contributed by atoms with E-state index in [1.54, 1.807) is 0 Å². The number of benzene rings is 1. The van der Waals surface area contributed by atoms with E-state index in [9.17, 15) is 0 Å². The summed E-state index contributed by atoms with van der Waals surface area (Å²) in [5.41, 5.74) is 5.98. The van der Waals surface area contributed by atoms with Crippen molar-refractivity contribution in [2.45, 2.75) is 45.7 Å². The van der Waals surface area contributed by atoms with E-state index < -0.39 is 0 Å². The van der Waals surface area contributed by atoms with Gasteiger partial charge in [0.2, 0.25) is 0 Å². The highest BCUT2D eigenvalue weighted by molar-refractivity contribution is 5.72. The Labute approximate surface area is 148 Å². The molecule has 1 aromatic rings. The molecule has 1 rings (SSSR count). The van der Waals surface area contributed by atoms with Crippen molar-refractivity contribution in [3.63, 3.8) is 0 Å². The summed E-state index contributed by atoms with van der Waals surface area (Å²) in [6.07, 6.45) is 9.18. The van der Waals surface area contributed by atoms with Crippen LogP contribution in [0.4, 0.5) is 0 Å². The Balaban J connectivity index is 2.91. The number of allylic oxidation sites excluding steroid dienone is 3. The third-order valence-electron chi connectivity index (χ3n) is 4.18. The lowest BCUT2D eigenvalue weighted by Gasteiger charge is -2.23. The number of unbranched alkanes of at least 4 members (excludes halogenated alkanes) is 1. The summed E-state index contributed by atoms with van der Waals surface area (Å²) in [5.74, 6) is 0. The molecule has 0 saturated carbocycles. The lowest BCUT2D eigenvalue weighted by Crippen LogP contribution is -2.27. The molecular formula is C22H32N2. The molecule has 0 aliphatic rings. The van der Waals surface area contributed by atoms with Crippen LogP contribution in [0.3, 0.4) is 0 Å². The van der Waals surface area contributed by atoms with E-state index in [4.69, 9.17) is 0 Å². The van der Waals surface area contributed by atoms with Crippen molar-refractivity contribution in [1.82, 2.24) is 10.6 Å². The van der Waals surface area contributed by atoms with E-state index in [0.29, 0.717) is 0 Å². The monoisotopic (exact) mass is 324 g/mol. The Morgan fingerprint density at radius 3 is 2.62 bits per heavy atom. The van der Waals surface area contributed by atoms with Crippen LogP contribution in [0.25, 0.3) is 5.57 Å². The van der Waals surface area contributed by atoms with Gasteiger partial charge in [-0.05, 0) is 68.5 Å². The Kier molecular flexibility index (Phi) is 8.88. The zero-order valence-corrected chi connectivity index (χ0v) is 15.5. The predicted molar refractivity (Wildman–Crippen MR) is 108 cm³/mol. The largest absolute Gasteiger partial charge is 0.378 e. The molecule has 0 heterocycles. The number of hydrogen-bond donors (Lipinski definition) is 2. The fourth-order valence-corrected chi connectivity index (χ4v) is 2.72. The van der Waals surface area contributed by atoms with Gasteiger partial charge in [0.1, 0.15) is 0 Å². The molecule has 0 bridgehead atoms. The molecule has 0 aliphatic heterocycles. The highest BCUT2D eigenvalue weighted by atomic mass is 14.9. The molecule has 0 aliphatic carbocycles. The molecule has 2 heteroatoms. The third-order valence-corrected chi connectivity index (χ3v) is 4.18. The quantitative estimate of drug-likeness (QED) is 0.435. The van der Waals surface area contributed by atoms with E-state index in [1.807, 2.05) is 19.2 Å². The summed E-state index contributed by atoms with van der Waals surface area (Å²) >= 11 is 0. The van der Waals surface area contributed by atoms with Gasteiger partial charge in [0.25, 0.3) is 0 Å². The molecule has 0 spiro atoms. The highest BCUT2D eigenvalue weighted by Gasteiger charge is 2.14. The van der Waals surface area contributed by atoms with Crippen LogP contribution in [0.2, 0.25) is 0 Å². The first-order valence-corrected chi connectivity index (χ1v) is 8.65. The van der Waals surface area contributed by atoms with Gasteiger partial charge in [0.15, 0.2) is 0 Å². The van der Waals surface area contributed by atoms with Crippen LogP contribution in [-0.2, 0) is 6.54 Å². The summed E-state index contributed by atoms with van der Waals surface area (Å²) in [6, 6.07) is 6.57. The number of nitrogens with one attached hydrogen (secondary N) is 2. The minimum atomic E-state index is 0.0310. The van der Waals surface area contributed by atoms with E-state index in [-0.39, 0.29) is 6.04 Å². The third kappa shape index (κ3) is 5.86. The normalized spacial score (nSPS) is 12.5. The summed E-state index contributed by atoms with van der Waals surface area (Å²) in [6.45, 7) is 17.2. The first-order chi connectivity index (χ1) is 11.6. The maximum atomic E-state index is 4.34. The average Bonchev–Trinajstić information content (AvgIpc) is 2.59. The molecule has 0 amide bonds. The van der Waals surface area contributed by atoms with Gasteiger partial charge in [-0.25, -0.2) is 0 Å². The molecule has 0 fully saturated rings. The van der Waals surface area contributed by atoms with Crippen molar-refractivity contribution in [2.24, 2.45) is 0 Å². The Morgan fingerprint density at radius 2 is 2.04 bits per heavy atom. The highest BCUT2D eigenvalue weighted by Crippen LogP contribution is 2.24. The summed E-state index contributed by atoms with van der Waals surface area (Å²) in [5, 5.41) is 6.78. The van der Waals surface area contributed by atoms with Crippen molar-refractivity contribution in [3.8, 4) is 0 Å². The fraction of sp³-hybridized carbons (Fsp3) is 0.364. The molecule has 1 unspecified atom stereocenters. The number of hydrogen-bond acceptors (Lipinski definition) is 2. The van der Waals surface area contributed by atoms with Gasteiger partial charge in [0, 0.05) is 12.2 Å². The summed E-state index contributed by atoms with van der Waals surface area (Å²) < 4.78 is 0. The molecule has 2 nitrogen and oxygen atoms in total. The van der Waals surface area contributed by atoms with Gasteiger partial charge >= 0.3 is 0 Å². The van der Waals surface area contributed by atoms with Gasteiger partial charge < -0.3 is 10.6 Å². The van der Waals surface area contributed by atoms with Gasteiger partial charge in [-0.2, -0.15) is 0 Å². The molecule has 2 N–H and O–H groups in total. The van der Waals surface area contributed by atoms with Gasteiger partial charge in [-0.3, -0.25) is 0 Å². The molecule has 0 aromatic heterocycles. The van der Waals surface area contributed by atoms with Crippen molar-refractivity contribution < 1.29 is 0 Å². The molecule has 1 aromatic carbocycles. The lowest BCUT2D eigenvalue weighted by atomic mass is 9.93. The molecule has 1 atom stereocenters. The zero-order valence-electron chi connectivity index (χ0n) is 15.5. The Morgan fingerprint density at radius 1 is 1.29 bits per heavy atom. The maximum absolute atomic E-state index is 4.34. The Bertz CT molecular complexity index is 596. The first kappa shape index (κ1) is 20.0. The predicted octanol–water partition coefficient (Wildman–Crippen LogP) is 5.13. The van der Waals surface area contributed by atoms with Crippen molar-refractivity contribution in [1.29, 1.82) is 0 Å². The van der Waals surface area contributed by atoms with Crippen LogP contribution in [0.1, 0.15) is 42.9 Å². The van der Waals surface area contributed by atoms with Crippen LogP contribution in [-0.4, -0.2) is 13.1 Å². The van der Waals surface area contributed by atoms with Crippen LogP contribution in [0.15, 0.2) is 61.9 Å². The SMILES string of the molecule is C=CCCC/C(=C\C)NC(C=C)C(=C)c1cc(CNC)ccc1C. The maximum Gasteiger partial charge on any atom is 0.0692 e. The minimum Gasteiger partial charge on any atom is -0.378 e. The minimum absolute atomic E-state index is 0.0310. The number of aryl methyl sites for hydroxylation is 1. The molecule has 0 radical (unpaired) electrons. The van der Waals surface area contributed by atoms with Crippen LogP contribution in [0, 0.1) is 6.92 Å². The second-order valence-corrected chi connectivity index (χ2v) is 6.06. The van der Waals surface area contributed by atoms with E-state index in [0.717, 1.165) is 31.4 Å². The summed E-state index contributed by atoms with van der Waals surface area (Å²) in [4.78, 5) is 0. The van der Waals surface area contributed by atoms with Gasteiger partial charge in [0.05, 0.1) is 6.04 Å². The van der Waals surface area contributed by atoms with Gasteiger partial charge in [-0.15, -0.1) is 13.2 Å². The van der Waals surface area contributed by atoms with Crippen LogP contribution in [0.5, 0.6) is 0 Å². The summed E-state index contributed by atoms with van der Waals surface area (Å²) in [7, 11) is 1.96. The second-order valence-electron chi connectivity index (χ2n) is 6.06. The first-order valence-electron chi connectivity index (χ1n) is 8.65. The second kappa shape index (κ2) is 10.7. The van der Waals surface area contributed by atoms with E-state index in [1.165, 1.54) is 22.4 Å². The topological polar surface area (TPSA) is 24.1 Å². The molecule has 0 saturated heterocycles. The standard InChI is InChI=1S/C22H32N2/c1-7-10-11-12-20(8-2)24-22(9-3)18(5)21-15-19(16-23-6)14-13-17(21)4/h7-9,13-15,22-24H,1,3,5,10-12,16H2,2,4,6H3/b20-8+. The molecular weight excluding hydrogens is 292 g/mol. The zero-order chi connectivity index (χ0) is 17.9. The van der Waals surface area contributed by atoms with Crippen LogP contribution >= 0.6 is 0 Å². The fourth-order valence-electron chi connectivity index (χ4n) is 2.72. The average molecular weight is 325 g/mol. The Hall–Kier alpha value is -2.06. The van der Waals surface area contributed by atoms with Crippen molar-refractivity contribution >= 4 is 5.57 Å². The van der Waals surface area contributed by atoms with Crippen LogP contribution < -0.4 is 10.6 Å². The van der Waals surface area contributed by atoms with Crippen molar-refractivity contribution in [2.75, 3.05) is 7.05 Å². The van der Waals surface area contributed by atoms with E-state index >= 15 is 0 Å². The van der Waals surface area contributed by atoms with Gasteiger partial charge in [-0.1, -0.05) is 36.9 Å². The van der Waals surface area contributed by atoms with Crippen molar-refractivity contribution in [3.05, 3.63) is 78.6 Å². The smallest absolute Gasteiger partial charge is 0.0692 e.